The van der Waals surface area contributed by atoms with Crippen molar-refractivity contribution in [1.29, 1.82) is 0 Å². The van der Waals surface area contributed by atoms with Gasteiger partial charge in [-0.1, -0.05) is 218 Å². The van der Waals surface area contributed by atoms with Gasteiger partial charge in [-0.3, -0.25) is 0 Å². The summed E-state index contributed by atoms with van der Waals surface area (Å²) in [7, 11) is 0. The van der Waals surface area contributed by atoms with E-state index in [0.717, 1.165) is 61.3 Å². The van der Waals surface area contributed by atoms with Gasteiger partial charge in [-0.15, -0.1) is 0 Å². The zero-order valence-corrected chi connectivity index (χ0v) is 43.9. The van der Waals surface area contributed by atoms with Crippen LogP contribution in [0.4, 0.5) is 13.2 Å². The molecule has 0 aliphatic rings. The first-order valence-electron chi connectivity index (χ1n) is 26.8. The number of benzene rings is 10. The minimum absolute atomic E-state index is 0.278. The van der Waals surface area contributed by atoms with Crippen molar-refractivity contribution in [2.24, 2.45) is 0 Å². The molecule has 0 unspecified atom stereocenters. The van der Waals surface area contributed by atoms with Gasteiger partial charge in [0.2, 0.25) is 0 Å². The Morgan fingerprint density at radius 1 is 0.241 bits per heavy atom. The molecule has 394 valence electrons. The number of fused-ring (bicyclic) bond motifs is 3. The zero-order chi connectivity index (χ0) is 55.9. The molecule has 83 heavy (non-hydrogen) atoms. The quantitative estimate of drug-likeness (QED) is 0.125. The van der Waals surface area contributed by atoms with E-state index in [1.54, 1.807) is 6.07 Å². The molecule has 0 fully saturated rings. The van der Waals surface area contributed by atoms with Gasteiger partial charge in [-0.05, 0) is 53.6 Å². The molecule has 0 saturated carbocycles. The fourth-order valence-electron chi connectivity index (χ4n) is 10.3. The fourth-order valence-corrected chi connectivity index (χ4v) is 10.3. The Hall–Kier alpha value is -11.2. The van der Waals surface area contributed by atoms with Crippen LogP contribution in [0.25, 0.3) is 141 Å². The molecular weight excluding hydrogens is 1040 g/mol. The largest absolute Gasteiger partial charge is 0.416 e. The van der Waals surface area contributed by atoms with E-state index in [1.807, 2.05) is 212 Å². The van der Waals surface area contributed by atoms with Crippen molar-refractivity contribution in [3.63, 3.8) is 0 Å². The zero-order valence-electron chi connectivity index (χ0n) is 43.9. The standard InChI is InChI=1S/C70H43F3N10/c71-70(72,73)53-33-19-32-50(40-53)58-43-54(36-39-57(58)69-81-65(48-28-15-5-16-29-48)76-66(82-69)49-30-17-6-18-31-49)83-59-41-51(67-77-61(44-20-7-1-8-21-44)74-62(78-67)45-22-9-2-10-23-45)34-37-55(59)56-38-35-52(42-60(56)83)68-79-63(46-24-11-3-12-25-46)75-64(80-68)47-26-13-4-14-27-47/h1-43H. The minimum Gasteiger partial charge on any atom is -0.309 e. The predicted molar refractivity (Wildman–Crippen MR) is 320 cm³/mol. The van der Waals surface area contributed by atoms with Gasteiger partial charge in [-0.25, -0.2) is 44.9 Å². The summed E-state index contributed by atoms with van der Waals surface area (Å²) in [5, 5.41) is 1.78. The van der Waals surface area contributed by atoms with Crippen molar-refractivity contribution >= 4 is 21.8 Å². The van der Waals surface area contributed by atoms with Crippen molar-refractivity contribution in [2.75, 3.05) is 0 Å². The molecule has 4 heterocycles. The molecule has 0 aliphatic carbocycles. The third-order valence-electron chi connectivity index (χ3n) is 14.4. The van der Waals surface area contributed by atoms with Crippen LogP contribution in [0.15, 0.2) is 261 Å². The fraction of sp³-hybridized carbons (Fsp3) is 0.0143. The smallest absolute Gasteiger partial charge is 0.309 e. The number of alkyl halides is 3. The number of halogens is 3. The lowest BCUT2D eigenvalue weighted by Crippen LogP contribution is -2.05. The van der Waals surface area contributed by atoms with Crippen molar-refractivity contribution in [1.82, 2.24) is 49.4 Å². The Balaban J connectivity index is 1.03. The normalized spacial score (nSPS) is 11.6. The molecule has 0 N–H and O–H groups in total. The van der Waals surface area contributed by atoms with E-state index in [0.29, 0.717) is 80.1 Å². The summed E-state index contributed by atoms with van der Waals surface area (Å²) in [5.41, 5.74) is 8.83. The van der Waals surface area contributed by atoms with Crippen LogP contribution in [0.5, 0.6) is 0 Å². The summed E-state index contributed by atoms with van der Waals surface area (Å²) < 4.78 is 46.6. The second-order valence-electron chi connectivity index (χ2n) is 19.7. The highest BCUT2D eigenvalue weighted by Crippen LogP contribution is 2.42. The number of rotatable bonds is 11. The van der Waals surface area contributed by atoms with E-state index in [4.69, 9.17) is 44.9 Å². The van der Waals surface area contributed by atoms with Gasteiger partial charge in [0.15, 0.2) is 52.4 Å². The van der Waals surface area contributed by atoms with Gasteiger partial charge in [-0.2, -0.15) is 13.2 Å². The topological polar surface area (TPSA) is 121 Å². The molecule has 14 rings (SSSR count). The van der Waals surface area contributed by atoms with Gasteiger partial charge in [0.05, 0.1) is 16.6 Å². The molecule has 4 aromatic heterocycles. The van der Waals surface area contributed by atoms with Crippen LogP contribution >= 0.6 is 0 Å². The molecule has 0 aliphatic heterocycles. The number of nitrogens with zero attached hydrogens (tertiary/aromatic N) is 10. The number of hydrogen-bond acceptors (Lipinski definition) is 9. The molecule has 0 amide bonds. The molecule has 0 atom stereocenters. The Morgan fingerprint density at radius 3 is 0.892 bits per heavy atom. The van der Waals surface area contributed by atoms with Gasteiger partial charge in [0, 0.05) is 66.5 Å². The molecule has 0 saturated heterocycles. The second kappa shape index (κ2) is 21.1. The van der Waals surface area contributed by atoms with Gasteiger partial charge < -0.3 is 4.57 Å². The average Bonchev–Trinajstić information content (AvgIpc) is 4.11. The maximum Gasteiger partial charge on any atom is 0.416 e. The van der Waals surface area contributed by atoms with Gasteiger partial charge >= 0.3 is 6.18 Å². The van der Waals surface area contributed by atoms with E-state index in [2.05, 4.69) is 28.8 Å². The molecule has 14 aromatic rings. The Morgan fingerprint density at radius 2 is 0.554 bits per heavy atom. The average molecular weight is 1080 g/mol. The Labute approximate surface area is 474 Å². The van der Waals surface area contributed by atoms with E-state index >= 15 is 0 Å². The van der Waals surface area contributed by atoms with Crippen LogP contribution in [0.3, 0.4) is 0 Å². The highest BCUT2D eigenvalue weighted by molar-refractivity contribution is 6.11. The second-order valence-corrected chi connectivity index (χ2v) is 19.7. The molecular formula is C70H43F3N10. The van der Waals surface area contributed by atoms with Gasteiger partial charge in [0.1, 0.15) is 0 Å². The SMILES string of the molecule is FC(F)(F)c1cccc(-c2cc(-n3c4cc(-c5nc(-c6ccccc6)nc(-c6ccccc6)n5)ccc4c4ccc(-c5nc(-c6ccccc6)nc(-c6ccccc6)n5)cc43)ccc2-c2nc(-c3ccccc3)nc(-c3ccccc3)n2)c1. The Bertz CT molecular complexity index is 4340. The third kappa shape index (κ3) is 9.93. The molecule has 0 bridgehead atoms. The minimum atomic E-state index is -4.63. The summed E-state index contributed by atoms with van der Waals surface area (Å²) in [4.78, 5) is 45.4. The highest BCUT2D eigenvalue weighted by Gasteiger charge is 2.31. The summed E-state index contributed by atoms with van der Waals surface area (Å²) in [6.45, 7) is 0. The summed E-state index contributed by atoms with van der Waals surface area (Å²) in [6.07, 6.45) is -4.63. The molecule has 10 nitrogen and oxygen atoms in total. The predicted octanol–water partition coefficient (Wildman–Crippen LogP) is 17.0. The lowest BCUT2D eigenvalue weighted by atomic mass is 9.96. The van der Waals surface area contributed by atoms with Crippen LogP contribution in [-0.2, 0) is 6.18 Å². The number of aromatic nitrogens is 10. The van der Waals surface area contributed by atoms with Crippen molar-refractivity contribution in [2.45, 2.75) is 6.18 Å². The lowest BCUT2D eigenvalue weighted by Gasteiger charge is -2.17. The summed E-state index contributed by atoms with van der Waals surface area (Å²) in [5.74, 6) is 4.01. The molecule has 10 aromatic carbocycles. The maximum atomic E-state index is 14.8. The highest BCUT2D eigenvalue weighted by atomic mass is 19.4. The molecule has 13 heteroatoms. The van der Waals surface area contributed by atoms with E-state index in [9.17, 15) is 13.2 Å². The summed E-state index contributed by atoms with van der Waals surface area (Å²) >= 11 is 0. The van der Waals surface area contributed by atoms with Crippen LogP contribution in [0.2, 0.25) is 0 Å². The summed E-state index contributed by atoms with van der Waals surface area (Å²) in [6, 6.07) is 81.6. The van der Waals surface area contributed by atoms with E-state index in [-0.39, 0.29) is 5.82 Å². The molecule has 0 spiro atoms. The van der Waals surface area contributed by atoms with E-state index < -0.39 is 11.7 Å². The van der Waals surface area contributed by atoms with Crippen LogP contribution in [0, 0.1) is 0 Å². The molecule has 0 radical (unpaired) electrons. The van der Waals surface area contributed by atoms with Crippen LogP contribution in [0.1, 0.15) is 5.56 Å². The van der Waals surface area contributed by atoms with Gasteiger partial charge in [0.25, 0.3) is 0 Å². The van der Waals surface area contributed by atoms with E-state index in [1.165, 1.54) is 12.1 Å². The number of hydrogen-bond donors (Lipinski definition) is 0. The first kappa shape index (κ1) is 50.1. The van der Waals surface area contributed by atoms with Crippen molar-refractivity contribution in [3.8, 4) is 119 Å². The first-order chi connectivity index (χ1) is 40.7. The van der Waals surface area contributed by atoms with Crippen LogP contribution < -0.4 is 0 Å². The monoisotopic (exact) mass is 1080 g/mol. The first-order valence-corrected chi connectivity index (χ1v) is 26.8. The van der Waals surface area contributed by atoms with Crippen molar-refractivity contribution < 1.29 is 13.2 Å². The third-order valence-corrected chi connectivity index (χ3v) is 14.4. The maximum absolute atomic E-state index is 14.8. The lowest BCUT2D eigenvalue weighted by molar-refractivity contribution is -0.137. The Kier molecular flexibility index (Phi) is 12.7. The van der Waals surface area contributed by atoms with Crippen LogP contribution in [-0.4, -0.2) is 49.4 Å². The van der Waals surface area contributed by atoms with Crippen molar-refractivity contribution in [3.05, 3.63) is 266 Å².